The number of nitrogens with one attached hydrogen (secondary N) is 3. The fourth-order valence-electron chi connectivity index (χ4n) is 2.36. The zero-order valence-electron chi connectivity index (χ0n) is 16.0. The number of methoxy groups -OCH3 is 1. The summed E-state index contributed by atoms with van der Waals surface area (Å²) in [6.07, 6.45) is 1.78. The molecule has 8 nitrogen and oxygen atoms in total. The Morgan fingerprint density at radius 2 is 1.79 bits per heavy atom. The topological polar surface area (TPSA) is 106 Å². The van der Waals surface area contributed by atoms with E-state index in [9.17, 15) is 14.4 Å². The van der Waals surface area contributed by atoms with Gasteiger partial charge in [-0.25, -0.2) is 0 Å². The van der Waals surface area contributed by atoms with E-state index < -0.39 is 11.9 Å². The van der Waals surface area contributed by atoms with Gasteiger partial charge in [-0.1, -0.05) is 6.07 Å². The Kier molecular flexibility index (Phi) is 8.34. The number of anilines is 2. The van der Waals surface area contributed by atoms with Crippen molar-refractivity contribution in [3.8, 4) is 0 Å². The Balaban J connectivity index is 1.79. The van der Waals surface area contributed by atoms with E-state index in [1.807, 2.05) is 13.0 Å². The van der Waals surface area contributed by atoms with Gasteiger partial charge in [-0.05, 0) is 49.7 Å². The number of hydrogen-bond acceptors (Lipinski definition) is 6. The lowest BCUT2D eigenvalue weighted by atomic mass is 10.1. The van der Waals surface area contributed by atoms with Crippen LogP contribution in [-0.2, 0) is 23.9 Å². The number of hydrogen-bond donors (Lipinski definition) is 3. The van der Waals surface area contributed by atoms with Crippen LogP contribution in [0.15, 0.2) is 18.2 Å². The second-order valence-corrected chi connectivity index (χ2v) is 6.87. The van der Waals surface area contributed by atoms with Crippen molar-refractivity contribution < 1.29 is 23.9 Å². The Bertz CT molecular complexity index is 749. The maximum absolute atomic E-state index is 12.0. The summed E-state index contributed by atoms with van der Waals surface area (Å²) in [6.45, 7) is 2.32. The van der Waals surface area contributed by atoms with Gasteiger partial charge in [-0.15, -0.1) is 0 Å². The summed E-state index contributed by atoms with van der Waals surface area (Å²) >= 11 is 5.16. The van der Waals surface area contributed by atoms with E-state index in [0.717, 1.165) is 18.4 Å². The van der Waals surface area contributed by atoms with E-state index >= 15 is 0 Å². The molecular formula is C19H25N3O5S. The molecule has 1 aliphatic rings. The van der Waals surface area contributed by atoms with Crippen LogP contribution in [0.3, 0.4) is 0 Å². The maximum atomic E-state index is 12.0. The predicted molar refractivity (Wildman–Crippen MR) is 109 cm³/mol. The van der Waals surface area contributed by atoms with Gasteiger partial charge in [0.25, 0.3) is 0 Å². The van der Waals surface area contributed by atoms with E-state index in [-0.39, 0.29) is 36.4 Å². The molecule has 0 radical (unpaired) electrons. The van der Waals surface area contributed by atoms with Gasteiger partial charge in [-0.2, -0.15) is 0 Å². The van der Waals surface area contributed by atoms with E-state index in [1.54, 1.807) is 12.1 Å². The van der Waals surface area contributed by atoms with Crippen molar-refractivity contribution in [3.05, 3.63) is 23.8 Å². The summed E-state index contributed by atoms with van der Waals surface area (Å²) < 4.78 is 9.66. The molecule has 0 bridgehead atoms. The molecule has 1 aromatic rings. The van der Waals surface area contributed by atoms with Crippen LogP contribution >= 0.6 is 12.2 Å². The molecule has 0 atom stereocenters. The summed E-state index contributed by atoms with van der Waals surface area (Å²) in [5.74, 6) is -0.732. The van der Waals surface area contributed by atoms with Crippen LogP contribution in [0.5, 0.6) is 0 Å². The predicted octanol–water partition coefficient (Wildman–Crippen LogP) is 2.13. The monoisotopic (exact) mass is 407 g/mol. The smallest absolute Gasteiger partial charge is 0.306 e. The van der Waals surface area contributed by atoms with Crippen molar-refractivity contribution in [1.29, 1.82) is 0 Å². The molecule has 2 amide bonds. The molecule has 0 aliphatic heterocycles. The molecule has 1 aromatic carbocycles. The van der Waals surface area contributed by atoms with Crippen LogP contribution < -0.4 is 16.0 Å². The number of thiocarbonyl (C=S) groups is 1. The first-order valence-corrected chi connectivity index (χ1v) is 9.47. The quantitative estimate of drug-likeness (QED) is 0.327. The van der Waals surface area contributed by atoms with Gasteiger partial charge in [0.15, 0.2) is 5.11 Å². The Morgan fingerprint density at radius 3 is 2.43 bits per heavy atom. The van der Waals surface area contributed by atoms with Gasteiger partial charge < -0.3 is 25.4 Å². The van der Waals surface area contributed by atoms with Gasteiger partial charge in [0.05, 0.1) is 13.0 Å². The minimum atomic E-state index is -0.471. The second-order valence-electron chi connectivity index (χ2n) is 6.46. The highest BCUT2D eigenvalue weighted by molar-refractivity contribution is 7.80. The lowest BCUT2D eigenvalue weighted by Crippen LogP contribution is -2.34. The van der Waals surface area contributed by atoms with Crippen molar-refractivity contribution in [2.24, 2.45) is 5.92 Å². The summed E-state index contributed by atoms with van der Waals surface area (Å²) in [6, 6.07) is 5.41. The molecule has 3 N–H and O–H groups in total. The lowest BCUT2D eigenvalue weighted by Gasteiger charge is -2.15. The summed E-state index contributed by atoms with van der Waals surface area (Å²) in [5.41, 5.74) is 2.20. The van der Waals surface area contributed by atoms with Crippen molar-refractivity contribution in [2.75, 3.05) is 31.0 Å². The number of amides is 2. The minimum Gasteiger partial charge on any atom is -0.463 e. The number of esters is 1. The third-order valence-electron chi connectivity index (χ3n) is 4.15. The first-order chi connectivity index (χ1) is 13.4. The van der Waals surface area contributed by atoms with Crippen LogP contribution in [-0.4, -0.2) is 43.2 Å². The van der Waals surface area contributed by atoms with Crippen LogP contribution in [0.4, 0.5) is 11.4 Å². The van der Waals surface area contributed by atoms with Gasteiger partial charge in [0, 0.05) is 30.8 Å². The zero-order chi connectivity index (χ0) is 20.5. The Labute approximate surface area is 169 Å². The summed E-state index contributed by atoms with van der Waals surface area (Å²) in [5, 5.41) is 8.50. The highest BCUT2D eigenvalue weighted by Crippen LogP contribution is 2.31. The summed E-state index contributed by atoms with van der Waals surface area (Å²) in [4.78, 5) is 35.4. The van der Waals surface area contributed by atoms with Gasteiger partial charge >= 0.3 is 5.97 Å². The number of carbonyl (C=O) groups excluding carboxylic acids is 3. The van der Waals surface area contributed by atoms with Crippen LogP contribution in [0, 0.1) is 12.8 Å². The molecule has 0 unspecified atom stereocenters. The molecule has 0 spiro atoms. The Hall–Kier alpha value is -2.52. The minimum absolute atomic E-state index is 0.0218. The first-order valence-electron chi connectivity index (χ1n) is 9.06. The van der Waals surface area contributed by atoms with Gasteiger partial charge in [0.1, 0.15) is 6.61 Å². The van der Waals surface area contributed by atoms with Crippen LogP contribution in [0.1, 0.15) is 31.2 Å². The van der Waals surface area contributed by atoms with E-state index in [0.29, 0.717) is 18.0 Å². The highest BCUT2D eigenvalue weighted by Gasteiger charge is 2.29. The number of benzene rings is 1. The largest absolute Gasteiger partial charge is 0.463 e. The van der Waals surface area contributed by atoms with E-state index in [2.05, 4.69) is 16.0 Å². The fourth-order valence-corrected chi connectivity index (χ4v) is 2.58. The van der Waals surface area contributed by atoms with Gasteiger partial charge in [0.2, 0.25) is 11.8 Å². The van der Waals surface area contributed by atoms with Crippen molar-refractivity contribution in [2.45, 2.75) is 32.6 Å². The first kappa shape index (κ1) is 21.8. The second kappa shape index (κ2) is 10.7. The molecule has 0 heterocycles. The molecule has 1 aliphatic carbocycles. The van der Waals surface area contributed by atoms with Crippen molar-refractivity contribution >= 4 is 46.5 Å². The third kappa shape index (κ3) is 7.24. The molecule has 152 valence electrons. The molecule has 0 saturated heterocycles. The number of carbonyl (C=O) groups is 3. The standard InChI is InChI=1S/C19H25N3O5S/c1-12-14(20-18(25)13-6-7-13)4-3-5-15(12)21-19(28)22-16(23)8-9-17(24)27-11-10-26-2/h3-5,13H,6-11H2,1-2H3,(H,20,25)(H2,21,22,23,28). The molecule has 1 fully saturated rings. The maximum Gasteiger partial charge on any atom is 0.306 e. The molecule has 9 heteroatoms. The van der Waals surface area contributed by atoms with Crippen molar-refractivity contribution in [1.82, 2.24) is 5.32 Å². The molecule has 2 rings (SSSR count). The number of ether oxygens (including phenoxy) is 2. The Morgan fingerprint density at radius 1 is 1.11 bits per heavy atom. The SMILES string of the molecule is COCCOC(=O)CCC(=O)NC(=S)Nc1cccc(NC(=O)C2CC2)c1C. The molecular weight excluding hydrogens is 382 g/mol. The van der Waals surface area contributed by atoms with E-state index in [1.165, 1.54) is 7.11 Å². The van der Waals surface area contributed by atoms with Crippen LogP contribution in [0.25, 0.3) is 0 Å². The van der Waals surface area contributed by atoms with Gasteiger partial charge in [-0.3, -0.25) is 14.4 Å². The fraction of sp³-hybridized carbons (Fsp3) is 0.474. The highest BCUT2D eigenvalue weighted by atomic mass is 32.1. The molecule has 0 aromatic heterocycles. The number of rotatable bonds is 9. The molecule has 28 heavy (non-hydrogen) atoms. The third-order valence-corrected chi connectivity index (χ3v) is 4.35. The van der Waals surface area contributed by atoms with E-state index in [4.69, 9.17) is 21.7 Å². The summed E-state index contributed by atoms with van der Waals surface area (Å²) in [7, 11) is 1.51. The van der Waals surface area contributed by atoms with Crippen molar-refractivity contribution in [3.63, 3.8) is 0 Å². The molecule has 1 saturated carbocycles. The van der Waals surface area contributed by atoms with Crippen LogP contribution in [0.2, 0.25) is 0 Å². The average molecular weight is 407 g/mol. The zero-order valence-corrected chi connectivity index (χ0v) is 16.8. The normalized spacial score (nSPS) is 12.8. The lowest BCUT2D eigenvalue weighted by molar-refractivity contribution is -0.146. The average Bonchev–Trinajstić information content (AvgIpc) is 3.49.